The van der Waals surface area contributed by atoms with E-state index in [-0.39, 0.29) is 30.2 Å². The normalized spacial score (nSPS) is 10.9. The SMILES string of the molecule is O=C(/C=C/c1ccc([N+](=O)[O-])cc1)NCCn1nc(-c2cccs2)ccc1=O. The average molecular weight is 396 g/mol. The van der Waals surface area contributed by atoms with Crippen LogP contribution in [0.3, 0.4) is 0 Å². The van der Waals surface area contributed by atoms with Crippen LogP contribution >= 0.6 is 11.3 Å². The number of aromatic nitrogens is 2. The van der Waals surface area contributed by atoms with Gasteiger partial charge in [-0.15, -0.1) is 11.3 Å². The number of thiophene rings is 1. The summed E-state index contributed by atoms with van der Waals surface area (Å²) < 4.78 is 1.31. The maximum atomic E-state index is 11.9. The second-order valence-electron chi connectivity index (χ2n) is 5.73. The third kappa shape index (κ3) is 4.98. The van der Waals surface area contributed by atoms with Gasteiger partial charge in [0, 0.05) is 30.8 Å². The fraction of sp³-hybridized carbons (Fsp3) is 0.105. The standard InChI is InChI=1S/C19H16N4O4S/c24-18(9-5-14-3-6-15(7-4-14)23(26)27)20-11-12-22-19(25)10-8-16(21-22)17-2-1-13-28-17/h1-10,13H,11-12H2,(H,20,24)/b9-5+. The zero-order valence-corrected chi connectivity index (χ0v) is 15.5. The van der Waals surface area contributed by atoms with E-state index < -0.39 is 4.92 Å². The summed E-state index contributed by atoms with van der Waals surface area (Å²) in [6.45, 7) is 0.486. The van der Waals surface area contributed by atoms with Crippen molar-refractivity contribution in [1.29, 1.82) is 0 Å². The molecule has 0 bridgehead atoms. The molecule has 0 radical (unpaired) electrons. The number of amides is 1. The van der Waals surface area contributed by atoms with Crippen molar-refractivity contribution in [2.75, 3.05) is 6.54 Å². The molecule has 0 aliphatic carbocycles. The second kappa shape index (κ2) is 8.87. The molecule has 1 aromatic carbocycles. The molecule has 142 valence electrons. The van der Waals surface area contributed by atoms with Crippen molar-refractivity contribution in [3.63, 3.8) is 0 Å². The van der Waals surface area contributed by atoms with Crippen LogP contribution in [0.4, 0.5) is 5.69 Å². The fourth-order valence-electron chi connectivity index (χ4n) is 2.39. The summed E-state index contributed by atoms with van der Waals surface area (Å²) in [7, 11) is 0. The smallest absolute Gasteiger partial charge is 0.269 e. The average Bonchev–Trinajstić information content (AvgIpc) is 3.23. The van der Waals surface area contributed by atoms with Crippen molar-refractivity contribution in [2.24, 2.45) is 0 Å². The molecule has 8 nitrogen and oxygen atoms in total. The minimum absolute atomic E-state index is 0.00989. The first-order chi connectivity index (χ1) is 13.5. The molecule has 2 aromatic heterocycles. The lowest BCUT2D eigenvalue weighted by Crippen LogP contribution is -2.31. The van der Waals surface area contributed by atoms with E-state index in [4.69, 9.17) is 0 Å². The number of nitrogens with one attached hydrogen (secondary N) is 1. The summed E-state index contributed by atoms with van der Waals surface area (Å²) >= 11 is 1.53. The first-order valence-electron chi connectivity index (χ1n) is 8.35. The number of carbonyl (C=O) groups is 1. The van der Waals surface area contributed by atoms with Gasteiger partial charge in [-0.3, -0.25) is 19.7 Å². The zero-order chi connectivity index (χ0) is 19.9. The molecule has 1 N–H and O–H groups in total. The van der Waals surface area contributed by atoms with E-state index in [9.17, 15) is 19.7 Å². The number of hydrogen-bond acceptors (Lipinski definition) is 6. The Morgan fingerprint density at radius 3 is 2.68 bits per heavy atom. The van der Waals surface area contributed by atoms with Gasteiger partial charge in [-0.2, -0.15) is 5.10 Å². The molecule has 28 heavy (non-hydrogen) atoms. The van der Waals surface area contributed by atoms with Gasteiger partial charge in [0.05, 0.1) is 16.3 Å². The zero-order valence-electron chi connectivity index (χ0n) is 14.6. The van der Waals surface area contributed by atoms with E-state index in [2.05, 4.69) is 10.4 Å². The Morgan fingerprint density at radius 2 is 2.00 bits per heavy atom. The van der Waals surface area contributed by atoms with Crippen LogP contribution in [0.1, 0.15) is 5.56 Å². The van der Waals surface area contributed by atoms with Crippen LogP contribution in [0.5, 0.6) is 0 Å². The lowest BCUT2D eigenvalue weighted by Gasteiger charge is -2.06. The molecule has 2 heterocycles. The predicted octanol–water partition coefficient (Wildman–Crippen LogP) is 2.71. The first-order valence-corrected chi connectivity index (χ1v) is 9.23. The van der Waals surface area contributed by atoms with Crippen molar-refractivity contribution in [3.05, 3.63) is 86.0 Å². The maximum Gasteiger partial charge on any atom is 0.269 e. The molecule has 0 saturated carbocycles. The molecule has 0 aliphatic rings. The topological polar surface area (TPSA) is 107 Å². The molecule has 1 amide bonds. The lowest BCUT2D eigenvalue weighted by molar-refractivity contribution is -0.384. The van der Waals surface area contributed by atoms with Crippen molar-refractivity contribution < 1.29 is 9.72 Å². The number of carbonyl (C=O) groups excluding carboxylic acids is 1. The minimum Gasteiger partial charge on any atom is -0.351 e. The van der Waals surface area contributed by atoms with Crippen LogP contribution in [-0.2, 0) is 11.3 Å². The van der Waals surface area contributed by atoms with Crippen molar-refractivity contribution in [1.82, 2.24) is 15.1 Å². The molecule has 0 atom stereocenters. The summed E-state index contributed by atoms with van der Waals surface area (Å²) in [5.41, 5.74) is 1.13. The van der Waals surface area contributed by atoms with Crippen LogP contribution in [0, 0.1) is 10.1 Å². The van der Waals surface area contributed by atoms with E-state index in [0.717, 1.165) is 4.88 Å². The Labute approximate surface area is 163 Å². The van der Waals surface area contributed by atoms with Crippen molar-refractivity contribution >= 4 is 29.0 Å². The van der Waals surface area contributed by atoms with Gasteiger partial charge < -0.3 is 5.32 Å². The monoisotopic (exact) mass is 396 g/mol. The van der Waals surface area contributed by atoms with Gasteiger partial charge in [-0.1, -0.05) is 6.07 Å². The Hall–Kier alpha value is -3.59. The van der Waals surface area contributed by atoms with Gasteiger partial charge in [0.15, 0.2) is 0 Å². The summed E-state index contributed by atoms with van der Waals surface area (Å²) in [6, 6.07) is 12.8. The maximum absolute atomic E-state index is 11.9. The van der Waals surface area contributed by atoms with E-state index in [1.807, 2.05) is 17.5 Å². The quantitative estimate of drug-likeness (QED) is 0.375. The molecule has 0 spiro atoms. The number of nitrogens with zero attached hydrogens (tertiary/aromatic N) is 3. The number of nitro groups is 1. The molecule has 9 heteroatoms. The molecule has 3 rings (SSSR count). The van der Waals surface area contributed by atoms with Gasteiger partial charge in [-0.05, 0) is 41.3 Å². The molecular weight excluding hydrogens is 380 g/mol. The lowest BCUT2D eigenvalue weighted by atomic mass is 10.2. The molecular formula is C19H16N4O4S. The molecule has 0 fully saturated rings. The molecule has 0 saturated heterocycles. The van der Waals surface area contributed by atoms with Crippen LogP contribution in [-0.4, -0.2) is 27.2 Å². The highest BCUT2D eigenvalue weighted by molar-refractivity contribution is 7.13. The summed E-state index contributed by atoms with van der Waals surface area (Å²) in [6.07, 6.45) is 2.89. The summed E-state index contributed by atoms with van der Waals surface area (Å²) in [5, 5.41) is 19.6. The fourth-order valence-corrected chi connectivity index (χ4v) is 3.08. The van der Waals surface area contributed by atoms with E-state index >= 15 is 0 Å². The molecule has 3 aromatic rings. The van der Waals surface area contributed by atoms with Crippen LogP contribution in [0.25, 0.3) is 16.6 Å². The second-order valence-corrected chi connectivity index (χ2v) is 6.68. The number of benzene rings is 1. The molecule has 0 aliphatic heterocycles. The third-order valence-corrected chi connectivity index (χ3v) is 4.69. The van der Waals surface area contributed by atoms with Gasteiger partial charge in [0.2, 0.25) is 5.91 Å². The highest BCUT2D eigenvalue weighted by Gasteiger charge is 2.05. The van der Waals surface area contributed by atoms with Gasteiger partial charge in [0.25, 0.3) is 11.2 Å². The summed E-state index contributed by atoms with van der Waals surface area (Å²) in [5.74, 6) is -0.333. The van der Waals surface area contributed by atoms with Gasteiger partial charge in [-0.25, -0.2) is 4.68 Å². The number of non-ortho nitro benzene ring substituents is 1. The van der Waals surface area contributed by atoms with Gasteiger partial charge in [0.1, 0.15) is 5.69 Å². The highest BCUT2D eigenvalue weighted by atomic mass is 32.1. The Bertz CT molecular complexity index is 1060. The van der Waals surface area contributed by atoms with E-state index in [0.29, 0.717) is 11.3 Å². The van der Waals surface area contributed by atoms with Crippen molar-refractivity contribution in [3.8, 4) is 10.6 Å². The van der Waals surface area contributed by atoms with E-state index in [1.54, 1.807) is 24.3 Å². The van der Waals surface area contributed by atoms with E-state index in [1.165, 1.54) is 40.3 Å². The minimum atomic E-state index is -0.483. The number of nitro benzene ring substituents is 1. The highest BCUT2D eigenvalue weighted by Crippen LogP contribution is 2.21. The van der Waals surface area contributed by atoms with Crippen LogP contribution < -0.4 is 10.9 Å². The summed E-state index contributed by atoms with van der Waals surface area (Å²) in [4.78, 5) is 34.9. The Morgan fingerprint density at radius 1 is 1.21 bits per heavy atom. The number of rotatable bonds is 7. The first kappa shape index (κ1) is 19.2. The van der Waals surface area contributed by atoms with Crippen molar-refractivity contribution in [2.45, 2.75) is 6.54 Å². The van der Waals surface area contributed by atoms with Crippen LogP contribution in [0.2, 0.25) is 0 Å². The predicted molar refractivity (Wildman–Crippen MR) is 107 cm³/mol. The molecule has 0 unspecified atom stereocenters. The third-order valence-electron chi connectivity index (χ3n) is 3.79. The Balaban J connectivity index is 1.54. The largest absolute Gasteiger partial charge is 0.351 e. The van der Waals surface area contributed by atoms with Gasteiger partial charge >= 0.3 is 0 Å². The Kier molecular flexibility index (Phi) is 6.07. The number of hydrogen-bond donors (Lipinski definition) is 1. The van der Waals surface area contributed by atoms with Crippen LogP contribution in [0.15, 0.2) is 64.8 Å².